The van der Waals surface area contributed by atoms with Crippen LogP contribution in [0, 0.1) is 11.3 Å². The number of aliphatic hydroxyl groups is 1. The van der Waals surface area contributed by atoms with Gasteiger partial charge >= 0.3 is 13.2 Å². The maximum absolute atomic E-state index is 13.3. The van der Waals surface area contributed by atoms with Crippen molar-refractivity contribution in [1.82, 2.24) is 14.3 Å². The molecule has 0 atom stereocenters. The molecule has 3 aromatic rings. The van der Waals surface area contributed by atoms with Crippen LogP contribution in [0.2, 0.25) is 0 Å². The third-order valence-electron chi connectivity index (χ3n) is 7.19. The lowest BCUT2D eigenvalue weighted by atomic mass is 9.74. The second-order valence-corrected chi connectivity index (χ2v) is 11.8. The van der Waals surface area contributed by atoms with Gasteiger partial charge in [0, 0.05) is 24.4 Å². The van der Waals surface area contributed by atoms with E-state index in [1.807, 2.05) is 45.9 Å². The van der Waals surface area contributed by atoms with Gasteiger partial charge in [-0.1, -0.05) is 18.2 Å². The van der Waals surface area contributed by atoms with Crippen LogP contribution >= 0.6 is 0 Å². The second-order valence-electron chi connectivity index (χ2n) is 11.8. The molecule has 0 saturated carbocycles. The molecule has 0 spiro atoms. The van der Waals surface area contributed by atoms with Crippen molar-refractivity contribution in [2.45, 2.75) is 71.8 Å². The highest BCUT2D eigenvalue weighted by molar-refractivity contribution is 6.63. The van der Waals surface area contributed by atoms with Gasteiger partial charge in [-0.15, -0.1) is 0 Å². The molecular formula is C29H35BN4O6. The zero-order valence-electron chi connectivity index (χ0n) is 24.0. The number of hydrogen-bond acceptors (Lipinski definition) is 8. The Bertz CT molecular complexity index is 1520. The summed E-state index contributed by atoms with van der Waals surface area (Å²) in [4.78, 5) is 31.6. The molecule has 0 aliphatic carbocycles. The molecule has 1 saturated heterocycles. The highest BCUT2D eigenvalue weighted by atomic mass is 16.7. The van der Waals surface area contributed by atoms with Gasteiger partial charge in [-0.25, -0.2) is 9.78 Å². The Kier molecular flexibility index (Phi) is 7.82. The molecule has 0 bridgehead atoms. The minimum atomic E-state index is -0.722. The van der Waals surface area contributed by atoms with Gasteiger partial charge in [0.1, 0.15) is 11.2 Å². The Hall–Kier alpha value is -3.72. The molecule has 1 aliphatic heterocycles. The van der Waals surface area contributed by atoms with Crippen LogP contribution in [-0.2, 0) is 20.6 Å². The number of fused-ring (bicyclic) bond motifs is 1. The number of aliphatic hydroxyl groups excluding tert-OH is 1. The molecule has 2 aromatic heterocycles. The Morgan fingerprint density at radius 3 is 2.48 bits per heavy atom. The number of aromatic nitrogens is 2. The number of carbonyl (C=O) groups excluding carboxylic acids is 1. The first-order valence-corrected chi connectivity index (χ1v) is 13.2. The molecule has 210 valence electrons. The molecule has 1 aromatic carbocycles. The van der Waals surface area contributed by atoms with E-state index in [9.17, 15) is 20.0 Å². The summed E-state index contributed by atoms with van der Waals surface area (Å²) in [5.74, 6) is 0. The zero-order chi connectivity index (χ0) is 29.5. The quantitative estimate of drug-likeness (QED) is 0.467. The third kappa shape index (κ3) is 5.75. The van der Waals surface area contributed by atoms with Gasteiger partial charge in [-0.3, -0.25) is 9.20 Å². The monoisotopic (exact) mass is 546 g/mol. The molecule has 0 unspecified atom stereocenters. The van der Waals surface area contributed by atoms with E-state index in [1.54, 1.807) is 39.1 Å². The van der Waals surface area contributed by atoms with Crippen molar-refractivity contribution in [2.75, 3.05) is 13.2 Å². The van der Waals surface area contributed by atoms with E-state index in [1.165, 1.54) is 15.5 Å². The van der Waals surface area contributed by atoms with Gasteiger partial charge in [-0.2, -0.15) is 5.26 Å². The highest BCUT2D eigenvalue weighted by Gasteiger charge is 2.52. The average molecular weight is 546 g/mol. The van der Waals surface area contributed by atoms with Gasteiger partial charge in [0.2, 0.25) is 0 Å². The van der Waals surface area contributed by atoms with Crippen LogP contribution in [0.3, 0.4) is 0 Å². The van der Waals surface area contributed by atoms with Crippen LogP contribution in [0.15, 0.2) is 47.5 Å². The Morgan fingerprint density at radius 2 is 1.88 bits per heavy atom. The number of carbonyl (C=O) groups is 1. The first-order valence-electron chi connectivity index (χ1n) is 13.2. The maximum atomic E-state index is 13.3. The van der Waals surface area contributed by atoms with Crippen molar-refractivity contribution in [2.24, 2.45) is 0 Å². The molecule has 1 fully saturated rings. The molecule has 4 rings (SSSR count). The van der Waals surface area contributed by atoms with Crippen molar-refractivity contribution >= 4 is 24.3 Å². The van der Waals surface area contributed by atoms with Crippen LogP contribution in [0.25, 0.3) is 16.8 Å². The fraction of sp³-hybridized carbons (Fsp3) is 0.448. The minimum Gasteiger partial charge on any atom is -0.444 e. The SMILES string of the molecule is CC(C)(C)OC(=O)N(CCO)Cc1cnc2cc(-c3cccc(B4OC(C)(C)C(C)(C)O4)c3C#N)ccn2c1=O. The summed E-state index contributed by atoms with van der Waals surface area (Å²) in [6.07, 6.45) is 2.38. The zero-order valence-corrected chi connectivity index (χ0v) is 24.0. The predicted molar refractivity (Wildman–Crippen MR) is 151 cm³/mol. The van der Waals surface area contributed by atoms with E-state index < -0.39 is 30.0 Å². The van der Waals surface area contributed by atoms with Crippen LogP contribution in [0.5, 0.6) is 0 Å². The normalized spacial score (nSPS) is 16.1. The molecule has 40 heavy (non-hydrogen) atoms. The highest BCUT2D eigenvalue weighted by Crippen LogP contribution is 2.37. The van der Waals surface area contributed by atoms with E-state index in [0.717, 1.165) is 0 Å². The number of nitriles is 1. The van der Waals surface area contributed by atoms with Gasteiger partial charge in [0.25, 0.3) is 5.56 Å². The molecular weight excluding hydrogens is 511 g/mol. The summed E-state index contributed by atoms with van der Waals surface area (Å²) in [5, 5.41) is 19.6. The minimum absolute atomic E-state index is 0.00601. The maximum Gasteiger partial charge on any atom is 0.496 e. The standard InChI is InChI=1S/C29H35BN4O6/c1-27(2,3)38-26(37)33(13-14-35)18-20-17-32-24-15-19(11-12-34(24)25(20)36)21-9-8-10-23(22(21)16-31)30-39-28(4,5)29(6,7)40-30/h8-12,15,17,35H,13-14,18H2,1-7H3. The summed E-state index contributed by atoms with van der Waals surface area (Å²) >= 11 is 0. The van der Waals surface area contributed by atoms with Crippen molar-refractivity contribution in [3.63, 3.8) is 0 Å². The number of benzene rings is 1. The topological polar surface area (TPSA) is 126 Å². The fourth-order valence-corrected chi connectivity index (χ4v) is 4.38. The summed E-state index contributed by atoms with van der Waals surface area (Å²) in [6.45, 7) is 12.7. The Morgan fingerprint density at radius 1 is 1.20 bits per heavy atom. The van der Waals surface area contributed by atoms with Crippen molar-refractivity contribution in [3.05, 3.63) is 64.2 Å². The summed E-state index contributed by atoms with van der Waals surface area (Å²) < 4.78 is 19.2. The largest absolute Gasteiger partial charge is 0.496 e. The Labute approximate surface area is 234 Å². The molecule has 1 N–H and O–H groups in total. The molecule has 11 heteroatoms. The second kappa shape index (κ2) is 10.7. The van der Waals surface area contributed by atoms with Crippen LogP contribution in [0.1, 0.15) is 59.6 Å². The van der Waals surface area contributed by atoms with Crippen LogP contribution in [0.4, 0.5) is 4.79 Å². The van der Waals surface area contributed by atoms with E-state index in [0.29, 0.717) is 27.8 Å². The Balaban J connectivity index is 1.68. The number of rotatable bonds is 6. The molecule has 1 amide bonds. The van der Waals surface area contributed by atoms with Gasteiger partial charge in [0.15, 0.2) is 0 Å². The fourth-order valence-electron chi connectivity index (χ4n) is 4.38. The number of nitrogens with zero attached hydrogens (tertiary/aromatic N) is 4. The number of amides is 1. The molecule has 0 radical (unpaired) electrons. The first-order chi connectivity index (χ1) is 18.7. The van der Waals surface area contributed by atoms with E-state index in [2.05, 4.69) is 11.1 Å². The van der Waals surface area contributed by atoms with Crippen molar-refractivity contribution in [3.8, 4) is 17.2 Å². The van der Waals surface area contributed by atoms with Crippen LogP contribution in [-0.4, -0.2) is 62.6 Å². The third-order valence-corrected chi connectivity index (χ3v) is 7.19. The number of hydrogen-bond donors (Lipinski definition) is 1. The van der Waals surface area contributed by atoms with E-state index in [-0.39, 0.29) is 30.8 Å². The molecule has 1 aliphatic rings. The first kappa shape index (κ1) is 29.3. The summed E-state index contributed by atoms with van der Waals surface area (Å²) in [5.41, 5.74) is 0.873. The smallest absolute Gasteiger partial charge is 0.444 e. The van der Waals surface area contributed by atoms with Gasteiger partial charge in [-0.05, 0) is 71.7 Å². The lowest BCUT2D eigenvalue weighted by molar-refractivity contribution is 0.00578. The van der Waals surface area contributed by atoms with Gasteiger partial charge in [0.05, 0.1) is 41.5 Å². The van der Waals surface area contributed by atoms with Crippen molar-refractivity contribution in [1.29, 1.82) is 5.26 Å². The van der Waals surface area contributed by atoms with E-state index in [4.69, 9.17) is 14.0 Å². The molecule has 10 nitrogen and oxygen atoms in total. The average Bonchev–Trinajstić information content (AvgIpc) is 3.09. The predicted octanol–water partition coefficient (Wildman–Crippen LogP) is 3.26. The van der Waals surface area contributed by atoms with Crippen molar-refractivity contribution < 1.29 is 23.9 Å². The summed E-state index contributed by atoms with van der Waals surface area (Å²) in [7, 11) is -0.699. The summed E-state index contributed by atoms with van der Waals surface area (Å²) in [6, 6.07) is 11.3. The number of pyridine rings is 1. The van der Waals surface area contributed by atoms with Crippen LogP contribution < -0.4 is 11.0 Å². The van der Waals surface area contributed by atoms with E-state index >= 15 is 0 Å². The number of ether oxygens (including phenoxy) is 1. The van der Waals surface area contributed by atoms with Gasteiger partial charge < -0.3 is 24.1 Å². The lowest BCUT2D eigenvalue weighted by Crippen LogP contribution is -2.41. The lowest BCUT2D eigenvalue weighted by Gasteiger charge is -2.32. The molecule has 3 heterocycles.